The Bertz CT molecular complexity index is 805. The molecule has 0 fully saturated rings. The normalized spacial score (nSPS) is 10.4. The van der Waals surface area contributed by atoms with Gasteiger partial charge in [0.25, 0.3) is 5.56 Å². The number of aromatic amines is 1. The van der Waals surface area contributed by atoms with Gasteiger partial charge in [-0.15, -0.1) is 10.2 Å². The number of fused-ring (bicyclic) bond motifs is 1. The molecule has 0 aromatic carbocycles. The highest BCUT2D eigenvalue weighted by Gasteiger charge is 2.09. The first-order valence-corrected chi connectivity index (χ1v) is 5.09. The van der Waals surface area contributed by atoms with E-state index in [0.717, 1.165) is 0 Å². The molecular weight excluding hydrogens is 232 g/mol. The fourth-order valence-electron chi connectivity index (χ4n) is 1.60. The lowest BCUT2D eigenvalue weighted by atomic mass is 10.3. The molecule has 0 saturated heterocycles. The molecule has 3 heterocycles. The van der Waals surface area contributed by atoms with Crippen molar-refractivity contribution >= 4 is 5.65 Å². The van der Waals surface area contributed by atoms with Gasteiger partial charge in [0, 0.05) is 12.3 Å². The molecule has 0 unspecified atom stereocenters. The number of nitrogens with one attached hydrogen (secondary N) is 1. The molecule has 0 spiro atoms. The number of nitrogens with zero attached hydrogens (tertiary/aromatic N) is 5. The van der Waals surface area contributed by atoms with Crippen molar-refractivity contribution in [3.05, 3.63) is 46.4 Å². The zero-order valence-corrected chi connectivity index (χ0v) is 9.03. The Labute approximate surface area is 100 Å². The van der Waals surface area contributed by atoms with E-state index in [1.54, 1.807) is 28.8 Å². The van der Waals surface area contributed by atoms with Crippen molar-refractivity contribution in [1.82, 2.24) is 24.8 Å². The Kier molecular flexibility index (Phi) is 2.13. The van der Waals surface area contributed by atoms with Gasteiger partial charge in [-0.2, -0.15) is 10.4 Å². The van der Waals surface area contributed by atoms with Gasteiger partial charge < -0.3 is 0 Å². The van der Waals surface area contributed by atoms with Crippen molar-refractivity contribution in [3.8, 4) is 17.6 Å². The molecule has 0 aliphatic carbocycles. The standard InChI is InChI=1S/C11H6N6O/c12-5-7-1-3-9-14-16-11(17(9)6-7)8-2-4-10(18)15-13-8/h1-4,6H,(H,15,18). The lowest BCUT2D eigenvalue weighted by Gasteiger charge is -1.98. The van der Waals surface area contributed by atoms with Crippen LogP contribution in [0.4, 0.5) is 0 Å². The second-order valence-electron chi connectivity index (χ2n) is 3.59. The summed E-state index contributed by atoms with van der Waals surface area (Å²) in [6.07, 6.45) is 1.62. The van der Waals surface area contributed by atoms with Crippen LogP contribution in [0.15, 0.2) is 35.3 Å². The molecule has 7 heteroatoms. The molecule has 0 atom stereocenters. The van der Waals surface area contributed by atoms with Gasteiger partial charge in [0.1, 0.15) is 11.8 Å². The van der Waals surface area contributed by atoms with Crippen molar-refractivity contribution < 1.29 is 0 Å². The maximum Gasteiger partial charge on any atom is 0.264 e. The minimum atomic E-state index is -0.287. The van der Waals surface area contributed by atoms with E-state index >= 15 is 0 Å². The summed E-state index contributed by atoms with van der Waals surface area (Å²) >= 11 is 0. The zero-order valence-electron chi connectivity index (χ0n) is 9.03. The summed E-state index contributed by atoms with van der Waals surface area (Å²) in [5.74, 6) is 0.471. The number of hydrogen-bond donors (Lipinski definition) is 1. The molecule has 86 valence electrons. The van der Waals surface area contributed by atoms with Gasteiger partial charge in [0.15, 0.2) is 11.5 Å². The predicted molar refractivity (Wildman–Crippen MR) is 61.6 cm³/mol. The Morgan fingerprint density at radius 2 is 2.11 bits per heavy atom. The van der Waals surface area contributed by atoms with Gasteiger partial charge in [0.2, 0.25) is 0 Å². The quantitative estimate of drug-likeness (QED) is 0.659. The van der Waals surface area contributed by atoms with Crippen LogP contribution in [0.3, 0.4) is 0 Å². The zero-order chi connectivity index (χ0) is 12.5. The second kappa shape index (κ2) is 3.78. The molecule has 1 N–H and O–H groups in total. The van der Waals surface area contributed by atoms with Crippen LogP contribution in [-0.2, 0) is 0 Å². The maximum atomic E-state index is 11.0. The highest BCUT2D eigenvalue weighted by molar-refractivity contribution is 5.55. The third kappa shape index (κ3) is 1.53. The van der Waals surface area contributed by atoms with E-state index in [4.69, 9.17) is 5.26 Å². The second-order valence-corrected chi connectivity index (χ2v) is 3.59. The first kappa shape index (κ1) is 10.2. The molecule has 0 aliphatic heterocycles. The molecule has 3 aromatic heterocycles. The summed E-state index contributed by atoms with van der Waals surface area (Å²) in [5, 5.41) is 23.0. The van der Waals surface area contributed by atoms with Crippen LogP contribution in [-0.4, -0.2) is 24.8 Å². The molecule has 0 bridgehead atoms. The Hall–Kier alpha value is -3.01. The van der Waals surface area contributed by atoms with E-state index in [1.807, 2.05) is 6.07 Å². The van der Waals surface area contributed by atoms with E-state index in [9.17, 15) is 4.79 Å². The molecule has 3 aromatic rings. The van der Waals surface area contributed by atoms with Crippen molar-refractivity contribution in [2.75, 3.05) is 0 Å². The Morgan fingerprint density at radius 1 is 1.22 bits per heavy atom. The third-order valence-electron chi connectivity index (χ3n) is 2.44. The maximum absolute atomic E-state index is 11.0. The summed E-state index contributed by atoms with van der Waals surface area (Å²) in [7, 11) is 0. The van der Waals surface area contributed by atoms with Crippen LogP contribution in [0, 0.1) is 11.3 Å². The van der Waals surface area contributed by atoms with Crippen LogP contribution in [0.5, 0.6) is 0 Å². The van der Waals surface area contributed by atoms with E-state index in [2.05, 4.69) is 20.4 Å². The highest BCUT2D eigenvalue weighted by atomic mass is 16.1. The van der Waals surface area contributed by atoms with Gasteiger partial charge in [-0.3, -0.25) is 9.20 Å². The van der Waals surface area contributed by atoms with Gasteiger partial charge in [-0.05, 0) is 18.2 Å². The van der Waals surface area contributed by atoms with Crippen molar-refractivity contribution in [2.45, 2.75) is 0 Å². The number of rotatable bonds is 1. The average molecular weight is 238 g/mol. The minimum Gasteiger partial charge on any atom is -0.280 e. The summed E-state index contributed by atoms with van der Waals surface area (Å²) in [6.45, 7) is 0. The lowest BCUT2D eigenvalue weighted by Crippen LogP contribution is -2.06. The van der Waals surface area contributed by atoms with Crippen LogP contribution >= 0.6 is 0 Å². The van der Waals surface area contributed by atoms with Crippen LogP contribution in [0.2, 0.25) is 0 Å². The smallest absolute Gasteiger partial charge is 0.264 e. The Balaban J connectivity index is 2.26. The molecule has 0 aliphatic rings. The topological polar surface area (TPSA) is 99.7 Å². The van der Waals surface area contributed by atoms with Crippen LogP contribution in [0.1, 0.15) is 5.56 Å². The molecule has 18 heavy (non-hydrogen) atoms. The molecular formula is C11H6N6O. The third-order valence-corrected chi connectivity index (χ3v) is 2.44. The molecule has 3 rings (SSSR count). The first-order valence-electron chi connectivity index (χ1n) is 5.09. The van der Waals surface area contributed by atoms with Gasteiger partial charge in [-0.25, -0.2) is 5.10 Å². The minimum absolute atomic E-state index is 0.287. The van der Waals surface area contributed by atoms with Gasteiger partial charge >= 0.3 is 0 Å². The van der Waals surface area contributed by atoms with E-state index in [0.29, 0.717) is 22.7 Å². The predicted octanol–water partition coefficient (Wildman–Crippen LogP) is 0.351. The number of H-pyrrole nitrogens is 1. The van der Waals surface area contributed by atoms with E-state index in [-0.39, 0.29) is 5.56 Å². The number of hydrogen-bond acceptors (Lipinski definition) is 5. The number of aromatic nitrogens is 5. The SMILES string of the molecule is N#Cc1ccc2nnc(-c3ccc(=O)[nH]n3)n2c1. The van der Waals surface area contributed by atoms with Gasteiger partial charge in [-0.1, -0.05) is 0 Å². The summed E-state index contributed by atoms with van der Waals surface area (Å²) in [5.41, 5.74) is 1.30. The molecule has 7 nitrogen and oxygen atoms in total. The molecule has 0 saturated carbocycles. The summed E-state index contributed by atoms with van der Waals surface area (Å²) in [6, 6.07) is 8.31. The highest BCUT2D eigenvalue weighted by Crippen LogP contribution is 2.14. The molecule has 0 radical (unpaired) electrons. The fraction of sp³-hybridized carbons (Fsp3) is 0. The van der Waals surface area contributed by atoms with E-state index in [1.165, 1.54) is 6.07 Å². The van der Waals surface area contributed by atoms with Crippen molar-refractivity contribution in [2.24, 2.45) is 0 Å². The van der Waals surface area contributed by atoms with Crippen LogP contribution in [0.25, 0.3) is 17.2 Å². The lowest BCUT2D eigenvalue weighted by molar-refractivity contribution is 0.969. The Morgan fingerprint density at radius 3 is 2.83 bits per heavy atom. The number of nitriles is 1. The monoisotopic (exact) mass is 238 g/mol. The number of pyridine rings is 1. The summed E-state index contributed by atoms with van der Waals surface area (Å²) < 4.78 is 1.65. The molecule has 0 amide bonds. The average Bonchev–Trinajstić information content (AvgIpc) is 2.82. The first-order chi connectivity index (χ1) is 8.78. The van der Waals surface area contributed by atoms with Crippen molar-refractivity contribution in [3.63, 3.8) is 0 Å². The van der Waals surface area contributed by atoms with Crippen LogP contribution < -0.4 is 5.56 Å². The fourth-order valence-corrected chi connectivity index (χ4v) is 1.60. The van der Waals surface area contributed by atoms with Crippen molar-refractivity contribution in [1.29, 1.82) is 5.26 Å². The largest absolute Gasteiger partial charge is 0.280 e. The summed E-state index contributed by atoms with van der Waals surface area (Å²) in [4.78, 5) is 11.0. The van der Waals surface area contributed by atoms with Gasteiger partial charge in [0.05, 0.1) is 5.56 Å². The van der Waals surface area contributed by atoms with E-state index < -0.39 is 0 Å².